The summed E-state index contributed by atoms with van der Waals surface area (Å²) >= 11 is 0. The zero-order valence-corrected chi connectivity index (χ0v) is 11.2. The van der Waals surface area contributed by atoms with Crippen molar-refractivity contribution in [2.75, 3.05) is 23.8 Å². The highest BCUT2D eigenvalue weighted by Gasteiger charge is 2.23. The Kier molecular flexibility index (Phi) is 3.79. The highest BCUT2D eigenvalue weighted by atomic mass is 16.1. The molecule has 0 radical (unpaired) electrons. The van der Waals surface area contributed by atoms with Gasteiger partial charge in [-0.1, -0.05) is 0 Å². The zero-order chi connectivity index (χ0) is 13.1. The number of Topliss-reactive ketones (excluding diaryl/α,β-unsaturated/α-hetero) is 1. The Morgan fingerprint density at radius 3 is 2.78 bits per heavy atom. The average molecular weight is 248 g/mol. The summed E-state index contributed by atoms with van der Waals surface area (Å²) in [7, 11) is 2.07. The van der Waals surface area contributed by atoms with Crippen molar-refractivity contribution in [3.63, 3.8) is 0 Å². The summed E-state index contributed by atoms with van der Waals surface area (Å²) in [6.45, 7) is 3.74. The lowest BCUT2D eigenvalue weighted by Gasteiger charge is -2.35. The van der Waals surface area contributed by atoms with Gasteiger partial charge >= 0.3 is 0 Å². The molecule has 0 unspecified atom stereocenters. The van der Waals surface area contributed by atoms with Crippen molar-refractivity contribution in [2.45, 2.75) is 39.2 Å². The van der Waals surface area contributed by atoms with E-state index >= 15 is 0 Å². The maximum atomic E-state index is 11.0. The molecule has 5 heteroatoms. The molecule has 1 heterocycles. The van der Waals surface area contributed by atoms with Crippen LogP contribution in [-0.2, 0) is 4.79 Å². The molecule has 18 heavy (non-hydrogen) atoms. The second-order valence-electron chi connectivity index (χ2n) is 4.91. The number of carbonyl (C=O) groups excluding carboxylic acids is 1. The van der Waals surface area contributed by atoms with Crippen molar-refractivity contribution in [1.82, 2.24) is 9.97 Å². The van der Waals surface area contributed by atoms with Gasteiger partial charge in [0.2, 0.25) is 0 Å². The van der Waals surface area contributed by atoms with Gasteiger partial charge in [-0.2, -0.15) is 0 Å². The molecule has 2 rings (SSSR count). The second-order valence-corrected chi connectivity index (χ2v) is 4.91. The molecule has 1 aliphatic carbocycles. The normalized spacial score (nSPS) is 15.1. The minimum atomic E-state index is 0.0974. The first-order valence-electron chi connectivity index (χ1n) is 6.38. The minimum absolute atomic E-state index is 0.0974. The van der Waals surface area contributed by atoms with Gasteiger partial charge in [0.1, 0.15) is 23.2 Å². The summed E-state index contributed by atoms with van der Waals surface area (Å²) in [5.41, 5.74) is 0. The molecule has 1 aromatic heterocycles. The van der Waals surface area contributed by atoms with Crippen molar-refractivity contribution in [3.05, 3.63) is 11.9 Å². The van der Waals surface area contributed by atoms with Crippen LogP contribution >= 0.6 is 0 Å². The molecule has 5 nitrogen and oxygen atoms in total. The van der Waals surface area contributed by atoms with Crippen LogP contribution in [-0.4, -0.2) is 35.4 Å². The predicted molar refractivity (Wildman–Crippen MR) is 72.0 cm³/mol. The Bertz CT molecular complexity index is 443. The summed E-state index contributed by atoms with van der Waals surface area (Å²) < 4.78 is 0. The Balaban J connectivity index is 2.12. The van der Waals surface area contributed by atoms with Gasteiger partial charge in [-0.25, -0.2) is 9.97 Å². The van der Waals surface area contributed by atoms with Crippen LogP contribution < -0.4 is 10.2 Å². The third-order valence-electron chi connectivity index (χ3n) is 3.33. The van der Waals surface area contributed by atoms with Crippen molar-refractivity contribution in [3.8, 4) is 0 Å². The van der Waals surface area contributed by atoms with E-state index < -0.39 is 0 Å². The molecule has 0 saturated heterocycles. The number of nitrogens with one attached hydrogen (secondary N) is 1. The molecule has 0 bridgehead atoms. The van der Waals surface area contributed by atoms with E-state index in [1.54, 1.807) is 6.92 Å². The van der Waals surface area contributed by atoms with Crippen LogP contribution in [0.1, 0.15) is 32.0 Å². The van der Waals surface area contributed by atoms with Gasteiger partial charge in [0, 0.05) is 19.2 Å². The summed E-state index contributed by atoms with van der Waals surface area (Å²) in [4.78, 5) is 21.9. The molecule has 0 aliphatic heterocycles. The molecule has 1 aliphatic rings. The van der Waals surface area contributed by atoms with E-state index in [4.69, 9.17) is 0 Å². The fraction of sp³-hybridized carbons (Fsp3) is 0.615. The van der Waals surface area contributed by atoms with Crippen molar-refractivity contribution < 1.29 is 4.79 Å². The first-order valence-corrected chi connectivity index (χ1v) is 6.38. The smallest absolute Gasteiger partial charge is 0.148 e. The van der Waals surface area contributed by atoms with Gasteiger partial charge in [0.15, 0.2) is 0 Å². The number of aromatic nitrogens is 2. The monoisotopic (exact) mass is 248 g/mol. The van der Waals surface area contributed by atoms with E-state index in [2.05, 4.69) is 27.2 Å². The van der Waals surface area contributed by atoms with E-state index in [0.29, 0.717) is 12.6 Å². The predicted octanol–water partition coefficient (Wildman–Crippen LogP) is 1.77. The third kappa shape index (κ3) is 2.97. The van der Waals surface area contributed by atoms with Gasteiger partial charge in [-0.05, 0) is 33.1 Å². The van der Waals surface area contributed by atoms with Crippen molar-refractivity contribution >= 4 is 17.4 Å². The third-order valence-corrected chi connectivity index (χ3v) is 3.33. The van der Waals surface area contributed by atoms with Crippen LogP contribution in [0.5, 0.6) is 0 Å². The SMILES string of the molecule is CC(=O)CNc1cc(N(C)C2CCC2)nc(C)n1. The number of aryl methyl sites for hydroxylation is 1. The molecule has 0 amide bonds. The molecular weight excluding hydrogens is 228 g/mol. The molecule has 0 aromatic carbocycles. The quantitative estimate of drug-likeness (QED) is 0.860. The second kappa shape index (κ2) is 5.33. The highest BCUT2D eigenvalue weighted by Crippen LogP contribution is 2.27. The molecular formula is C13H20N4O. The van der Waals surface area contributed by atoms with Crippen LogP contribution in [0.15, 0.2) is 6.07 Å². The maximum absolute atomic E-state index is 11.0. The molecule has 1 saturated carbocycles. The molecule has 1 aromatic rings. The van der Waals surface area contributed by atoms with Crippen LogP contribution in [0.3, 0.4) is 0 Å². The molecule has 1 fully saturated rings. The molecule has 0 atom stereocenters. The fourth-order valence-electron chi connectivity index (χ4n) is 2.00. The van der Waals surface area contributed by atoms with Gasteiger partial charge < -0.3 is 10.2 Å². The minimum Gasteiger partial charge on any atom is -0.363 e. The Morgan fingerprint density at radius 2 is 2.22 bits per heavy atom. The highest BCUT2D eigenvalue weighted by molar-refractivity contribution is 5.80. The molecule has 0 spiro atoms. The number of carbonyl (C=O) groups is 1. The van der Waals surface area contributed by atoms with E-state index in [0.717, 1.165) is 17.5 Å². The first kappa shape index (κ1) is 12.8. The summed E-state index contributed by atoms with van der Waals surface area (Å²) in [5, 5.41) is 3.03. The number of nitrogens with zero attached hydrogens (tertiary/aromatic N) is 3. The van der Waals surface area contributed by atoms with Crippen LogP contribution in [0.2, 0.25) is 0 Å². The maximum Gasteiger partial charge on any atom is 0.148 e. The van der Waals surface area contributed by atoms with Crippen LogP contribution in [0.25, 0.3) is 0 Å². The summed E-state index contributed by atoms with van der Waals surface area (Å²) in [5.74, 6) is 2.47. The number of rotatable bonds is 5. The van der Waals surface area contributed by atoms with Crippen LogP contribution in [0, 0.1) is 6.92 Å². The average Bonchev–Trinajstić information content (AvgIpc) is 2.23. The first-order chi connectivity index (χ1) is 8.56. The summed E-state index contributed by atoms with van der Waals surface area (Å²) in [6, 6.07) is 2.51. The van der Waals surface area contributed by atoms with Gasteiger partial charge in [0.05, 0.1) is 6.54 Å². The number of ketones is 1. The lowest BCUT2D eigenvalue weighted by molar-refractivity contribution is -0.115. The number of hydrogen-bond acceptors (Lipinski definition) is 5. The van der Waals surface area contributed by atoms with E-state index in [1.807, 2.05) is 13.0 Å². The van der Waals surface area contributed by atoms with Gasteiger partial charge in [-0.3, -0.25) is 4.79 Å². The van der Waals surface area contributed by atoms with Crippen LogP contribution in [0.4, 0.5) is 11.6 Å². The van der Waals surface area contributed by atoms with E-state index in [1.165, 1.54) is 19.3 Å². The Morgan fingerprint density at radius 1 is 1.50 bits per heavy atom. The zero-order valence-electron chi connectivity index (χ0n) is 11.2. The largest absolute Gasteiger partial charge is 0.363 e. The van der Waals surface area contributed by atoms with Gasteiger partial charge in [0.25, 0.3) is 0 Å². The Labute approximate surface area is 108 Å². The molecule has 1 N–H and O–H groups in total. The lowest BCUT2D eigenvalue weighted by atomic mass is 9.92. The van der Waals surface area contributed by atoms with Gasteiger partial charge in [-0.15, -0.1) is 0 Å². The van der Waals surface area contributed by atoms with E-state index in [-0.39, 0.29) is 5.78 Å². The van der Waals surface area contributed by atoms with E-state index in [9.17, 15) is 4.79 Å². The topological polar surface area (TPSA) is 58.1 Å². The fourth-order valence-corrected chi connectivity index (χ4v) is 2.00. The lowest BCUT2D eigenvalue weighted by Crippen LogP contribution is -2.37. The Hall–Kier alpha value is -1.65. The number of anilines is 2. The molecule has 98 valence electrons. The standard InChI is InChI=1S/C13H20N4O/c1-9(18)8-14-12-7-13(16-10(2)15-12)17(3)11-5-4-6-11/h7,11H,4-6,8H2,1-3H3,(H,14,15,16). The van der Waals surface area contributed by atoms with Crippen molar-refractivity contribution in [1.29, 1.82) is 0 Å². The van der Waals surface area contributed by atoms with Crippen molar-refractivity contribution in [2.24, 2.45) is 0 Å². The summed E-state index contributed by atoms with van der Waals surface area (Å²) in [6.07, 6.45) is 3.76. The number of hydrogen-bond donors (Lipinski definition) is 1.